The Labute approximate surface area is 108 Å². The molecule has 18 heavy (non-hydrogen) atoms. The second-order valence-electron chi connectivity index (χ2n) is 5.92. The molecule has 1 aliphatic carbocycles. The summed E-state index contributed by atoms with van der Waals surface area (Å²) in [4.78, 5) is 24.4. The molecule has 102 valence electrons. The van der Waals surface area contributed by atoms with Crippen LogP contribution in [0.25, 0.3) is 0 Å². The van der Waals surface area contributed by atoms with Crippen LogP contribution in [-0.4, -0.2) is 41.6 Å². The van der Waals surface area contributed by atoms with Gasteiger partial charge in [0, 0.05) is 19.6 Å². The number of likely N-dealkylation sites (tertiary alicyclic amines) is 1. The minimum Gasteiger partial charge on any atom is -0.481 e. The molecule has 2 aliphatic rings. The number of aliphatic carboxylic acids is 1. The van der Waals surface area contributed by atoms with Gasteiger partial charge in [0.2, 0.25) is 0 Å². The van der Waals surface area contributed by atoms with Gasteiger partial charge >= 0.3 is 12.0 Å². The van der Waals surface area contributed by atoms with Crippen molar-refractivity contribution in [3.8, 4) is 0 Å². The van der Waals surface area contributed by atoms with Crippen molar-refractivity contribution in [3.05, 3.63) is 0 Å². The molecule has 5 heteroatoms. The van der Waals surface area contributed by atoms with Crippen LogP contribution >= 0.6 is 0 Å². The first-order valence-electron chi connectivity index (χ1n) is 6.76. The highest BCUT2D eigenvalue weighted by Gasteiger charge is 2.36. The van der Waals surface area contributed by atoms with Gasteiger partial charge in [0.05, 0.1) is 5.92 Å². The van der Waals surface area contributed by atoms with Gasteiger partial charge in [-0.05, 0) is 37.5 Å². The first-order valence-corrected chi connectivity index (χ1v) is 6.76. The van der Waals surface area contributed by atoms with E-state index in [0.29, 0.717) is 31.5 Å². The summed E-state index contributed by atoms with van der Waals surface area (Å²) >= 11 is 0. The fourth-order valence-electron chi connectivity index (χ4n) is 2.41. The van der Waals surface area contributed by atoms with Crippen LogP contribution in [0.15, 0.2) is 0 Å². The molecule has 1 atom stereocenters. The number of piperidine rings is 1. The summed E-state index contributed by atoms with van der Waals surface area (Å²) in [6, 6.07) is -0.106. The minimum atomic E-state index is -0.794. The Morgan fingerprint density at radius 1 is 1.44 bits per heavy atom. The molecule has 2 N–H and O–H groups in total. The summed E-state index contributed by atoms with van der Waals surface area (Å²) in [6.07, 6.45) is 5.00. The Bertz CT molecular complexity index is 339. The topological polar surface area (TPSA) is 69.6 Å². The maximum Gasteiger partial charge on any atom is 0.317 e. The van der Waals surface area contributed by atoms with Gasteiger partial charge in [0.15, 0.2) is 0 Å². The van der Waals surface area contributed by atoms with Crippen molar-refractivity contribution in [3.63, 3.8) is 0 Å². The highest BCUT2D eigenvalue weighted by atomic mass is 16.4. The maximum absolute atomic E-state index is 11.9. The lowest BCUT2D eigenvalue weighted by atomic mass is 9.99. The van der Waals surface area contributed by atoms with Crippen molar-refractivity contribution in [2.45, 2.75) is 39.0 Å². The number of carbonyl (C=O) groups is 2. The first-order chi connectivity index (χ1) is 8.50. The average Bonchev–Trinajstić information content (AvgIpc) is 3.07. The Morgan fingerprint density at radius 3 is 2.78 bits per heavy atom. The molecular weight excluding hydrogens is 232 g/mol. The highest BCUT2D eigenvalue weighted by Crippen LogP contribution is 2.47. The Kier molecular flexibility index (Phi) is 3.78. The van der Waals surface area contributed by atoms with Crippen LogP contribution in [0.1, 0.15) is 39.0 Å². The molecule has 0 radical (unpaired) electrons. The van der Waals surface area contributed by atoms with E-state index in [2.05, 4.69) is 12.2 Å². The Balaban J connectivity index is 1.72. The summed E-state index contributed by atoms with van der Waals surface area (Å²) in [6.45, 7) is 3.95. The van der Waals surface area contributed by atoms with E-state index in [4.69, 9.17) is 5.11 Å². The van der Waals surface area contributed by atoms with Crippen LogP contribution in [0.4, 0.5) is 4.79 Å². The number of nitrogens with zero attached hydrogens (tertiary/aromatic N) is 1. The SMILES string of the molecule is CC1(CCNC(=O)N2CCCC(C(=O)O)C2)CC1. The molecule has 1 saturated heterocycles. The second kappa shape index (κ2) is 5.16. The van der Waals surface area contributed by atoms with Gasteiger partial charge in [0.25, 0.3) is 0 Å². The van der Waals surface area contributed by atoms with Crippen molar-refractivity contribution in [2.75, 3.05) is 19.6 Å². The van der Waals surface area contributed by atoms with Crippen molar-refractivity contribution in [1.82, 2.24) is 10.2 Å². The fourth-order valence-corrected chi connectivity index (χ4v) is 2.41. The Hall–Kier alpha value is -1.26. The lowest BCUT2D eigenvalue weighted by Crippen LogP contribution is -2.47. The lowest BCUT2D eigenvalue weighted by molar-refractivity contribution is -0.143. The number of carboxylic acid groups (broad SMARTS) is 1. The van der Waals surface area contributed by atoms with Crippen LogP contribution in [0.2, 0.25) is 0 Å². The third-order valence-corrected chi connectivity index (χ3v) is 4.17. The fraction of sp³-hybridized carbons (Fsp3) is 0.846. The normalized spacial score (nSPS) is 25.6. The monoisotopic (exact) mass is 254 g/mol. The molecule has 1 unspecified atom stereocenters. The molecular formula is C13H22N2O3. The molecule has 1 saturated carbocycles. The first kappa shape index (κ1) is 13.2. The molecule has 2 fully saturated rings. The molecule has 2 amide bonds. The van der Waals surface area contributed by atoms with E-state index in [1.807, 2.05) is 0 Å². The zero-order valence-electron chi connectivity index (χ0n) is 10.9. The van der Waals surface area contributed by atoms with Crippen molar-refractivity contribution in [1.29, 1.82) is 0 Å². The Morgan fingerprint density at radius 2 is 2.17 bits per heavy atom. The molecule has 0 bridgehead atoms. The molecule has 1 heterocycles. The number of carbonyl (C=O) groups excluding carboxylic acids is 1. The van der Waals surface area contributed by atoms with E-state index in [-0.39, 0.29) is 6.03 Å². The number of hydrogen-bond acceptors (Lipinski definition) is 2. The van der Waals surface area contributed by atoms with Crippen molar-refractivity contribution in [2.24, 2.45) is 11.3 Å². The van der Waals surface area contributed by atoms with Crippen LogP contribution in [-0.2, 0) is 4.79 Å². The maximum atomic E-state index is 11.9. The van der Waals surface area contributed by atoms with Crippen molar-refractivity contribution >= 4 is 12.0 Å². The van der Waals surface area contributed by atoms with Gasteiger partial charge in [-0.15, -0.1) is 0 Å². The average molecular weight is 254 g/mol. The van der Waals surface area contributed by atoms with Crippen LogP contribution in [0.3, 0.4) is 0 Å². The van der Waals surface area contributed by atoms with E-state index in [1.54, 1.807) is 4.90 Å². The standard InChI is InChI=1S/C13H22N2O3/c1-13(4-5-13)6-7-14-12(18)15-8-2-3-10(9-15)11(16)17/h10H,2-9H2,1H3,(H,14,18)(H,16,17). The lowest BCUT2D eigenvalue weighted by Gasteiger charge is -2.30. The number of carboxylic acids is 1. The summed E-state index contributed by atoms with van der Waals surface area (Å²) in [5.41, 5.74) is 0.443. The van der Waals surface area contributed by atoms with Crippen LogP contribution in [0.5, 0.6) is 0 Å². The zero-order chi connectivity index (χ0) is 13.2. The van der Waals surface area contributed by atoms with Gasteiger partial charge in [0.1, 0.15) is 0 Å². The quantitative estimate of drug-likeness (QED) is 0.802. The van der Waals surface area contributed by atoms with Crippen LogP contribution in [0, 0.1) is 11.3 Å². The van der Waals surface area contributed by atoms with E-state index < -0.39 is 11.9 Å². The molecule has 2 rings (SSSR count). The molecule has 0 spiro atoms. The summed E-state index contributed by atoms with van der Waals surface area (Å²) in [5, 5.41) is 11.9. The van der Waals surface area contributed by atoms with E-state index >= 15 is 0 Å². The number of hydrogen-bond donors (Lipinski definition) is 2. The van der Waals surface area contributed by atoms with Gasteiger partial charge in [-0.3, -0.25) is 4.79 Å². The third kappa shape index (κ3) is 3.37. The summed E-state index contributed by atoms with van der Waals surface area (Å²) in [5.74, 6) is -1.19. The van der Waals surface area contributed by atoms with E-state index in [9.17, 15) is 9.59 Å². The molecule has 5 nitrogen and oxygen atoms in total. The third-order valence-electron chi connectivity index (χ3n) is 4.17. The summed E-state index contributed by atoms with van der Waals surface area (Å²) in [7, 11) is 0. The minimum absolute atomic E-state index is 0.106. The number of nitrogens with one attached hydrogen (secondary N) is 1. The predicted octanol–water partition coefficient (Wildman–Crippen LogP) is 1.68. The zero-order valence-corrected chi connectivity index (χ0v) is 10.9. The number of urea groups is 1. The van der Waals surface area contributed by atoms with Gasteiger partial charge in [-0.25, -0.2) is 4.79 Å². The van der Waals surface area contributed by atoms with Gasteiger partial charge in [-0.2, -0.15) is 0 Å². The molecule has 1 aliphatic heterocycles. The van der Waals surface area contributed by atoms with Gasteiger partial charge in [-0.1, -0.05) is 6.92 Å². The van der Waals surface area contributed by atoms with E-state index in [0.717, 1.165) is 12.8 Å². The molecule has 0 aromatic heterocycles. The smallest absolute Gasteiger partial charge is 0.317 e. The van der Waals surface area contributed by atoms with Gasteiger partial charge < -0.3 is 15.3 Å². The van der Waals surface area contributed by atoms with Crippen LogP contribution < -0.4 is 5.32 Å². The molecule has 0 aromatic rings. The number of amides is 2. The second-order valence-corrected chi connectivity index (χ2v) is 5.92. The summed E-state index contributed by atoms with van der Waals surface area (Å²) < 4.78 is 0. The molecule has 0 aromatic carbocycles. The predicted molar refractivity (Wildman–Crippen MR) is 67.3 cm³/mol. The largest absolute Gasteiger partial charge is 0.481 e. The van der Waals surface area contributed by atoms with Crippen molar-refractivity contribution < 1.29 is 14.7 Å². The van der Waals surface area contributed by atoms with E-state index in [1.165, 1.54) is 12.8 Å². The number of rotatable bonds is 4. The highest BCUT2D eigenvalue weighted by molar-refractivity contribution is 5.76.